The Balaban J connectivity index is 1.85. The number of aromatic hydroxyl groups is 1. The molecule has 0 saturated carbocycles. The molecule has 0 atom stereocenters. The van der Waals surface area contributed by atoms with Crippen molar-refractivity contribution in [1.82, 2.24) is 0 Å². The molecule has 0 aliphatic carbocycles. The van der Waals surface area contributed by atoms with Crippen LogP contribution in [0, 0.1) is 0 Å². The standard InChI is InChI=1S/C17H11ClO5/c18-12-3-1-10(2-4-12)17(21)22-9-11-7-16(20)23-15-8-13(19)5-6-14(11)15/h1-8,19H,9H2. The molecule has 1 heterocycles. The first-order valence-electron chi connectivity index (χ1n) is 6.71. The third-order valence-electron chi connectivity index (χ3n) is 3.25. The number of fused-ring (bicyclic) bond motifs is 1. The molecule has 116 valence electrons. The van der Waals surface area contributed by atoms with Crippen LogP contribution in [0.25, 0.3) is 11.0 Å². The fourth-order valence-corrected chi connectivity index (χ4v) is 2.28. The summed E-state index contributed by atoms with van der Waals surface area (Å²) in [5, 5.41) is 10.6. The highest BCUT2D eigenvalue weighted by atomic mass is 35.5. The summed E-state index contributed by atoms with van der Waals surface area (Å²) in [5.74, 6) is -0.544. The van der Waals surface area contributed by atoms with E-state index in [1.807, 2.05) is 0 Å². The molecule has 1 aromatic heterocycles. The Morgan fingerprint density at radius 1 is 1.13 bits per heavy atom. The lowest BCUT2D eigenvalue weighted by Crippen LogP contribution is -2.07. The molecule has 23 heavy (non-hydrogen) atoms. The van der Waals surface area contributed by atoms with E-state index in [4.69, 9.17) is 20.8 Å². The van der Waals surface area contributed by atoms with Gasteiger partial charge in [-0.15, -0.1) is 0 Å². The second kappa shape index (κ2) is 6.14. The number of esters is 1. The summed E-state index contributed by atoms with van der Waals surface area (Å²) in [4.78, 5) is 23.6. The monoisotopic (exact) mass is 330 g/mol. The predicted octanol–water partition coefficient (Wildman–Crippen LogP) is 3.51. The molecule has 5 nitrogen and oxygen atoms in total. The summed E-state index contributed by atoms with van der Waals surface area (Å²) in [6.45, 7) is -0.0890. The number of hydrogen-bond donors (Lipinski definition) is 1. The van der Waals surface area contributed by atoms with Crippen molar-refractivity contribution in [2.24, 2.45) is 0 Å². The number of carbonyl (C=O) groups excluding carboxylic acids is 1. The molecule has 0 fully saturated rings. The van der Waals surface area contributed by atoms with Crippen molar-refractivity contribution in [3.05, 3.63) is 75.1 Å². The van der Waals surface area contributed by atoms with Gasteiger partial charge in [-0.2, -0.15) is 0 Å². The summed E-state index contributed by atoms with van der Waals surface area (Å²) < 4.78 is 10.2. The lowest BCUT2D eigenvalue weighted by molar-refractivity contribution is 0.0474. The van der Waals surface area contributed by atoms with Gasteiger partial charge < -0.3 is 14.3 Å². The molecular weight excluding hydrogens is 320 g/mol. The van der Waals surface area contributed by atoms with Gasteiger partial charge in [0.2, 0.25) is 0 Å². The Morgan fingerprint density at radius 3 is 2.61 bits per heavy atom. The second-order valence-corrected chi connectivity index (χ2v) is 5.29. The minimum atomic E-state index is -0.583. The molecule has 0 bridgehead atoms. The molecule has 0 aliphatic rings. The molecule has 3 aromatic rings. The van der Waals surface area contributed by atoms with E-state index in [1.165, 1.54) is 18.2 Å². The van der Waals surface area contributed by atoms with Crippen LogP contribution in [0.2, 0.25) is 5.02 Å². The van der Waals surface area contributed by atoms with Crippen molar-refractivity contribution in [2.75, 3.05) is 0 Å². The first-order valence-corrected chi connectivity index (χ1v) is 7.09. The molecule has 3 rings (SSSR count). The molecule has 1 N–H and O–H groups in total. The Morgan fingerprint density at radius 2 is 1.87 bits per heavy atom. The van der Waals surface area contributed by atoms with Gasteiger partial charge in [-0.25, -0.2) is 9.59 Å². The van der Waals surface area contributed by atoms with E-state index in [0.29, 0.717) is 21.5 Å². The van der Waals surface area contributed by atoms with Crippen LogP contribution in [0.4, 0.5) is 0 Å². The third kappa shape index (κ3) is 3.35. The molecule has 2 aromatic carbocycles. The molecule has 0 amide bonds. The Bertz CT molecular complexity index is 928. The second-order valence-electron chi connectivity index (χ2n) is 4.85. The van der Waals surface area contributed by atoms with Gasteiger partial charge in [0.1, 0.15) is 17.9 Å². The summed E-state index contributed by atoms with van der Waals surface area (Å²) in [7, 11) is 0. The average Bonchev–Trinajstić information content (AvgIpc) is 2.52. The molecule has 0 spiro atoms. The van der Waals surface area contributed by atoms with Crippen molar-refractivity contribution >= 4 is 28.5 Å². The molecule has 0 unspecified atom stereocenters. The van der Waals surface area contributed by atoms with E-state index in [1.54, 1.807) is 30.3 Å². The highest BCUT2D eigenvalue weighted by molar-refractivity contribution is 6.30. The zero-order chi connectivity index (χ0) is 16.4. The van der Waals surface area contributed by atoms with Crippen LogP contribution in [0.3, 0.4) is 0 Å². The molecule has 0 saturated heterocycles. The Hall–Kier alpha value is -2.79. The first kappa shape index (κ1) is 15.1. The van der Waals surface area contributed by atoms with Crippen LogP contribution in [-0.2, 0) is 11.3 Å². The number of hydrogen-bond acceptors (Lipinski definition) is 5. The van der Waals surface area contributed by atoms with E-state index < -0.39 is 11.6 Å². The van der Waals surface area contributed by atoms with Crippen LogP contribution in [0.1, 0.15) is 15.9 Å². The lowest BCUT2D eigenvalue weighted by Gasteiger charge is -2.07. The fourth-order valence-electron chi connectivity index (χ4n) is 2.15. The smallest absolute Gasteiger partial charge is 0.338 e. The number of benzene rings is 2. The number of phenols is 1. The van der Waals surface area contributed by atoms with Crippen LogP contribution in [-0.4, -0.2) is 11.1 Å². The summed E-state index contributed by atoms with van der Waals surface area (Å²) >= 11 is 5.77. The lowest BCUT2D eigenvalue weighted by atomic mass is 10.1. The molecule has 0 radical (unpaired) electrons. The number of rotatable bonds is 3. The Labute approximate surface area is 135 Å². The van der Waals surface area contributed by atoms with E-state index in [9.17, 15) is 14.7 Å². The zero-order valence-electron chi connectivity index (χ0n) is 11.8. The fraction of sp³-hybridized carbons (Fsp3) is 0.0588. The summed E-state index contributed by atoms with van der Waals surface area (Å²) in [6.07, 6.45) is 0. The maximum atomic E-state index is 12.0. The van der Waals surface area contributed by atoms with Gasteiger partial charge in [-0.1, -0.05) is 11.6 Å². The summed E-state index contributed by atoms with van der Waals surface area (Å²) in [6, 6.07) is 11.9. The normalized spacial score (nSPS) is 10.7. The van der Waals surface area contributed by atoms with Gasteiger partial charge in [0, 0.05) is 28.1 Å². The number of phenolic OH excluding ortho intramolecular Hbond substituents is 1. The molecule has 0 aliphatic heterocycles. The average molecular weight is 331 g/mol. The van der Waals surface area contributed by atoms with Crippen molar-refractivity contribution in [1.29, 1.82) is 0 Å². The minimum absolute atomic E-state index is 0.0176. The van der Waals surface area contributed by atoms with E-state index in [2.05, 4.69) is 0 Å². The maximum absolute atomic E-state index is 12.0. The number of carbonyl (C=O) groups is 1. The van der Waals surface area contributed by atoms with Crippen molar-refractivity contribution in [3.63, 3.8) is 0 Å². The number of halogens is 1. The number of ether oxygens (including phenoxy) is 1. The molecule has 6 heteroatoms. The highest BCUT2D eigenvalue weighted by Crippen LogP contribution is 2.22. The van der Waals surface area contributed by atoms with Gasteiger partial charge >= 0.3 is 11.6 Å². The molecular formula is C17H11ClO5. The van der Waals surface area contributed by atoms with Crippen LogP contribution < -0.4 is 5.63 Å². The van der Waals surface area contributed by atoms with Crippen LogP contribution in [0.5, 0.6) is 5.75 Å². The predicted molar refractivity (Wildman–Crippen MR) is 84.7 cm³/mol. The van der Waals surface area contributed by atoms with E-state index in [-0.39, 0.29) is 17.9 Å². The van der Waals surface area contributed by atoms with Gasteiger partial charge in [0.25, 0.3) is 0 Å². The SMILES string of the molecule is O=C(OCc1cc(=O)oc2cc(O)ccc12)c1ccc(Cl)cc1. The first-order chi connectivity index (χ1) is 11.0. The third-order valence-corrected chi connectivity index (χ3v) is 3.50. The Kier molecular flexibility index (Phi) is 4.04. The topological polar surface area (TPSA) is 76.7 Å². The largest absolute Gasteiger partial charge is 0.508 e. The van der Waals surface area contributed by atoms with Crippen LogP contribution >= 0.6 is 11.6 Å². The quantitative estimate of drug-likeness (QED) is 0.587. The van der Waals surface area contributed by atoms with Gasteiger partial charge in [-0.3, -0.25) is 0 Å². The van der Waals surface area contributed by atoms with Gasteiger partial charge in [-0.05, 0) is 36.4 Å². The van der Waals surface area contributed by atoms with Gasteiger partial charge in [0.05, 0.1) is 5.56 Å². The summed E-state index contributed by atoms with van der Waals surface area (Å²) in [5.41, 5.74) is 0.508. The van der Waals surface area contributed by atoms with Crippen molar-refractivity contribution < 1.29 is 19.1 Å². The van der Waals surface area contributed by atoms with Crippen LogP contribution in [0.15, 0.2) is 57.7 Å². The van der Waals surface area contributed by atoms with Crippen molar-refractivity contribution in [2.45, 2.75) is 6.61 Å². The van der Waals surface area contributed by atoms with Gasteiger partial charge in [0.15, 0.2) is 0 Å². The van der Waals surface area contributed by atoms with E-state index >= 15 is 0 Å². The maximum Gasteiger partial charge on any atom is 0.338 e. The zero-order valence-corrected chi connectivity index (χ0v) is 12.5. The van der Waals surface area contributed by atoms with Crippen molar-refractivity contribution in [3.8, 4) is 5.75 Å². The van der Waals surface area contributed by atoms with E-state index in [0.717, 1.165) is 0 Å². The minimum Gasteiger partial charge on any atom is -0.508 e. The highest BCUT2D eigenvalue weighted by Gasteiger charge is 2.11.